The summed E-state index contributed by atoms with van der Waals surface area (Å²) < 4.78 is 5.01. The molecule has 1 N–H and O–H groups in total. The average Bonchev–Trinajstić information content (AvgIpc) is 3.08. The van der Waals surface area contributed by atoms with E-state index in [9.17, 15) is 9.59 Å². The van der Waals surface area contributed by atoms with E-state index in [-0.39, 0.29) is 0 Å². The van der Waals surface area contributed by atoms with E-state index in [1.165, 1.54) is 12.8 Å². The number of nitrogens with one attached hydrogen (secondary N) is 1. The molecular formula is C20H31N3O3. The third-order valence-corrected chi connectivity index (χ3v) is 4.57. The Kier molecular flexibility index (Phi) is 7.45. The van der Waals surface area contributed by atoms with Crippen molar-refractivity contribution in [1.82, 2.24) is 15.1 Å². The van der Waals surface area contributed by atoms with Crippen molar-refractivity contribution in [3.8, 4) is 0 Å². The lowest BCUT2D eigenvalue weighted by molar-refractivity contribution is 0.0850. The third kappa shape index (κ3) is 6.67. The number of rotatable bonds is 6. The molecule has 0 radical (unpaired) electrons. The van der Waals surface area contributed by atoms with Crippen LogP contribution in [0.5, 0.6) is 0 Å². The van der Waals surface area contributed by atoms with E-state index >= 15 is 0 Å². The predicted molar refractivity (Wildman–Crippen MR) is 102 cm³/mol. The molecule has 0 aliphatic carbocycles. The van der Waals surface area contributed by atoms with Crippen LogP contribution in [0.4, 0.5) is 9.59 Å². The Bertz CT molecular complexity index is 578. The van der Waals surface area contributed by atoms with Crippen LogP contribution in [-0.2, 0) is 11.2 Å². The standard InChI is InChI=1S/C20H31N3O3/c1-20(2,3)23(15-11-17-9-5-4-6-10-17)19(25)26-18(24)21-12-16-22-13-7-8-14-22/h4-6,9-10H,7-8,11-16H2,1-3H3,(H,21,24). The van der Waals surface area contributed by atoms with Crippen molar-refractivity contribution in [1.29, 1.82) is 0 Å². The zero-order chi connectivity index (χ0) is 19.0. The second kappa shape index (κ2) is 9.57. The highest BCUT2D eigenvalue weighted by atomic mass is 16.6. The number of amides is 2. The summed E-state index contributed by atoms with van der Waals surface area (Å²) in [6, 6.07) is 9.96. The molecule has 2 amide bonds. The van der Waals surface area contributed by atoms with Crippen LogP contribution in [0.1, 0.15) is 39.2 Å². The molecule has 26 heavy (non-hydrogen) atoms. The van der Waals surface area contributed by atoms with Crippen LogP contribution in [0.15, 0.2) is 30.3 Å². The molecule has 2 rings (SSSR count). The molecule has 0 saturated carbocycles. The molecule has 144 valence electrons. The summed E-state index contributed by atoms with van der Waals surface area (Å²) in [4.78, 5) is 28.3. The minimum atomic E-state index is -0.678. The molecule has 1 heterocycles. The number of alkyl carbamates (subject to hydrolysis) is 1. The van der Waals surface area contributed by atoms with Crippen LogP contribution >= 0.6 is 0 Å². The van der Waals surface area contributed by atoms with Gasteiger partial charge in [-0.25, -0.2) is 9.59 Å². The third-order valence-electron chi connectivity index (χ3n) is 4.57. The number of carbonyl (C=O) groups excluding carboxylic acids is 2. The number of nitrogens with zero attached hydrogens (tertiary/aromatic N) is 2. The lowest BCUT2D eigenvalue weighted by Crippen LogP contribution is -2.48. The van der Waals surface area contributed by atoms with Gasteiger partial charge in [0.1, 0.15) is 0 Å². The molecule has 1 fully saturated rings. The number of hydrogen-bond acceptors (Lipinski definition) is 4. The van der Waals surface area contributed by atoms with Crippen LogP contribution in [-0.4, -0.2) is 60.2 Å². The first kappa shape index (κ1) is 20.2. The molecule has 1 aliphatic heterocycles. The fourth-order valence-corrected chi connectivity index (χ4v) is 3.08. The first-order chi connectivity index (χ1) is 12.4. The molecule has 0 bridgehead atoms. The highest BCUT2D eigenvalue weighted by Crippen LogP contribution is 2.16. The largest absolute Gasteiger partial charge is 0.419 e. The maximum absolute atomic E-state index is 12.5. The van der Waals surface area contributed by atoms with Gasteiger partial charge in [0, 0.05) is 25.2 Å². The minimum Gasteiger partial charge on any atom is -0.359 e. The van der Waals surface area contributed by atoms with E-state index in [4.69, 9.17) is 4.74 Å². The molecule has 0 aromatic heterocycles. The molecule has 0 spiro atoms. The lowest BCUT2D eigenvalue weighted by Gasteiger charge is -2.34. The van der Waals surface area contributed by atoms with Gasteiger partial charge in [-0.15, -0.1) is 0 Å². The van der Waals surface area contributed by atoms with Gasteiger partial charge in [0.15, 0.2) is 0 Å². The molecule has 6 heteroatoms. The second-order valence-corrected chi connectivity index (χ2v) is 7.69. The first-order valence-corrected chi connectivity index (χ1v) is 9.40. The van der Waals surface area contributed by atoms with Crippen molar-refractivity contribution in [2.75, 3.05) is 32.7 Å². The van der Waals surface area contributed by atoms with Gasteiger partial charge in [-0.2, -0.15) is 0 Å². The number of carbonyl (C=O) groups is 2. The van der Waals surface area contributed by atoms with Crippen molar-refractivity contribution >= 4 is 12.2 Å². The Morgan fingerprint density at radius 3 is 2.42 bits per heavy atom. The van der Waals surface area contributed by atoms with Gasteiger partial charge >= 0.3 is 12.2 Å². The summed E-state index contributed by atoms with van der Waals surface area (Å²) in [5.41, 5.74) is 0.714. The predicted octanol–water partition coefficient (Wildman–Crippen LogP) is 3.27. The maximum atomic E-state index is 12.5. The van der Waals surface area contributed by atoms with Crippen molar-refractivity contribution in [3.63, 3.8) is 0 Å². The van der Waals surface area contributed by atoms with Crippen LogP contribution in [0, 0.1) is 0 Å². The normalized spacial score (nSPS) is 14.9. The Hall–Kier alpha value is -2.08. The van der Waals surface area contributed by atoms with Gasteiger partial charge in [-0.05, 0) is 58.7 Å². The quantitative estimate of drug-likeness (QED) is 0.790. The Labute approximate surface area is 156 Å². The fourth-order valence-electron chi connectivity index (χ4n) is 3.08. The van der Waals surface area contributed by atoms with Gasteiger partial charge in [-0.3, -0.25) is 0 Å². The summed E-state index contributed by atoms with van der Waals surface area (Å²) in [6.45, 7) is 9.73. The van der Waals surface area contributed by atoms with Gasteiger partial charge in [0.2, 0.25) is 0 Å². The van der Waals surface area contributed by atoms with Crippen LogP contribution in [0.3, 0.4) is 0 Å². The molecule has 1 aliphatic rings. The van der Waals surface area contributed by atoms with Gasteiger partial charge < -0.3 is 19.9 Å². The topological polar surface area (TPSA) is 61.9 Å². The Morgan fingerprint density at radius 2 is 1.81 bits per heavy atom. The highest BCUT2D eigenvalue weighted by molar-refractivity contribution is 5.83. The minimum absolute atomic E-state index is 0.429. The lowest BCUT2D eigenvalue weighted by atomic mass is 10.1. The van der Waals surface area contributed by atoms with Gasteiger partial charge in [-0.1, -0.05) is 30.3 Å². The number of benzene rings is 1. The molecule has 6 nitrogen and oxygen atoms in total. The van der Waals surface area contributed by atoms with E-state index in [1.807, 2.05) is 51.1 Å². The summed E-state index contributed by atoms with van der Waals surface area (Å²) in [6.07, 6.45) is 1.86. The summed E-state index contributed by atoms with van der Waals surface area (Å²) in [5.74, 6) is 0. The summed E-state index contributed by atoms with van der Waals surface area (Å²) in [5, 5.41) is 2.67. The van der Waals surface area contributed by atoms with E-state index < -0.39 is 17.7 Å². The average molecular weight is 361 g/mol. The van der Waals surface area contributed by atoms with E-state index in [0.717, 1.165) is 25.2 Å². The zero-order valence-corrected chi connectivity index (χ0v) is 16.2. The fraction of sp³-hybridized carbons (Fsp3) is 0.600. The summed E-state index contributed by atoms with van der Waals surface area (Å²) >= 11 is 0. The monoisotopic (exact) mass is 361 g/mol. The first-order valence-electron chi connectivity index (χ1n) is 9.40. The van der Waals surface area contributed by atoms with Crippen molar-refractivity contribution in [3.05, 3.63) is 35.9 Å². The Morgan fingerprint density at radius 1 is 1.15 bits per heavy atom. The van der Waals surface area contributed by atoms with Crippen molar-refractivity contribution in [2.24, 2.45) is 0 Å². The van der Waals surface area contributed by atoms with E-state index in [1.54, 1.807) is 4.90 Å². The second-order valence-electron chi connectivity index (χ2n) is 7.69. The molecule has 1 aromatic rings. The SMILES string of the molecule is CC(C)(C)N(CCc1ccccc1)C(=O)OC(=O)NCCN1CCCC1. The molecule has 0 atom stereocenters. The molecule has 1 aromatic carbocycles. The maximum Gasteiger partial charge on any atom is 0.419 e. The Balaban J connectivity index is 1.80. The number of ether oxygens (including phenoxy) is 1. The molecular weight excluding hydrogens is 330 g/mol. The van der Waals surface area contributed by atoms with Crippen LogP contribution in [0.25, 0.3) is 0 Å². The van der Waals surface area contributed by atoms with Crippen molar-refractivity contribution < 1.29 is 14.3 Å². The molecule has 1 saturated heterocycles. The molecule has 0 unspecified atom stereocenters. The number of likely N-dealkylation sites (tertiary alicyclic amines) is 1. The smallest absolute Gasteiger partial charge is 0.359 e. The van der Waals surface area contributed by atoms with Gasteiger partial charge in [0.25, 0.3) is 0 Å². The zero-order valence-electron chi connectivity index (χ0n) is 16.2. The highest BCUT2D eigenvalue weighted by Gasteiger charge is 2.29. The number of hydrogen-bond donors (Lipinski definition) is 1. The van der Waals surface area contributed by atoms with Crippen LogP contribution < -0.4 is 5.32 Å². The van der Waals surface area contributed by atoms with Crippen LogP contribution in [0.2, 0.25) is 0 Å². The van der Waals surface area contributed by atoms with Gasteiger partial charge in [0.05, 0.1) is 0 Å². The van der Waals surface area contributed by atoms with E-state index in [2.05, 4.69) is 10.2 Å². The van der Waals surface area contributed by atoms with E-state index in [0.29, 0.717) is 19.5 Å². The summed E-state index contributed by atoms with van der Waals surface area (Å²) in [7, 11) is 0. The van der Waals surface area contributed by atoms with Crippen molar-refractivity contribution in [2.45, 2.75) is 45.6 Å².